The van der Waals surface area contributed by atoms with E-state index in [2.05, 4.69) is 5.32 Å². The first-order valence-electron chi connectivity index (χ1n) is 5.46. The molecule has 0 aliphatic heterocycles. The molecule has 0 saturated heterocycles. The summed E-state index contributed by atoms with van der Waals surface area (Å²) in [6.07, 6.45) is 2.43. The van der Waals surface area contributed by atoms with Crippen molar-refractivity contribution in [2.45, 2.75) is 31.5 Å². The number of phenolic OH excluding ortho intramolecular Hbond substituents is 2. The Kier molecular flexibility index (Phi) is 3.31. The normalized spacial score (nSPS) is 24.1. The smallest absolute Gasteiger partial charge is 0.123 e. The summed E-state index contributed by atoms with van der Waals surface area (Å²) in [5.41, 5.74) is 0.804. The highest BCUT2D eigenvalue weighted by Crippen LogP contribution is 2.25. The Morgan fingerprint density at radius 2 is 2.12 bits per heavy atom. The molecule has 1 aromatic carbocycles. The number of phenols is 2. The summed E-state index contributed by atoms with van der Waals surface area (Å²) in [7, 11) is 1.73. The van der Waals surface area contributed by atoms with E-state index in [9.17, 15) is 5.11 Å². The van der Waals surface area contributed by atoms with Gasteiger partial charge in [-0.25, -0.2) is 0 Å². The lowest BCUT2D eigenvalue weighted by atomic mass is 9.89. The average Bonchev–Trinajstić information content (AvgIpc) is 2.18. The molecule has 0 heterocycles. The van der Waals surface area contributed by atoms with Gasteiger partial charge in [0.25, 0.3) is 0 Å². The number of rotatable bonds is 4. The van der Waals surface area contributed by atoms with Crippen LogP contribution in [0.4, 0.5) is 0 Å². The van der Waals surface area contributed by atoms with Crippen molar-refractivity contribution in [3.05, 3.63) is 23.8 Å². The lowest BCUT2D eigenvalue weighted by Gasteiger charge is -2.34. The van der Waals surface area contributed by atoms with Crippen molar-refractivity contribution >= 4 is 0 Å². The van der Waals surface area contributed by atoms with Crippen LogP contribution < -0.4 is 5.32 Å². The number of hydrogen-bond donors (Lipinski definition) is 3. The molecule has 0 bridgehead atoms. The van der Waals surface area contributed by atoms with Gasteiger partial charge in [-0.2, -0.15) is 0 Å². The Morgan fingerprint density at radius 3 is 2.75 bits per heavy atom. The second-order valence-electron chi connectivity index (χ2n) is 4.22. The van der Waals surface area contributed by atoms with E-state index in [-0.39, 0.29) is 11.5 Å². The Labute approximate surface area is 94.9 Å². The maximum atomic E-state index is 9.57. The molecule has 4 heteroatoms. The molecule has 1 aliphatic rings. The summed E-state index contributed by atoms with van der Waals surface area (Å²) in [5, 5.41) is 22.0. The van der Waals surface area contributed by atoms with Crippen LogP contribution in [0.15, 0.2) is 18.2 Å². The molecule has 1 saturated carbocycles. The molecule has 88 valence electrons. The lowest BCUT2D eigenvalue weighted by Crippen LogP contribution is -2.44. The number of nitrogens with one attached hydrogen (secondary N) is 1. The molecule has 3 N–H and O–H groups in total. The van der Waals surface area contributed by atoms with Crippen LogP contribution in [-0.4, -0.2) is 29.5 Å². The van der Waals surface area contributed by atoms with Crippen molar-refractivity contribution in [3.8, 4) is 11.5 Å². The quantitative estimate of drug-likeness (QED) is 0.721. The van der Waals surface area contributed by atoms with Crippen molar-refractivity contribution in [2.75, 3.05) is 7.11 Å². The van der Waals surface area contributed by atoms with E-state index >= 15 is 0 Å². The standard InChI is InChI=1S/C12H17NO3/c1-16-11-4-9(5-11)13-7-8-2-3-10(14)6-12(8)15/h2-3,6,9,11,13-15H,4-5,7H2,1H3. The van der Waals surface area contributed by atoms with Gasteiger partial charge in [0.2, 0.25) is 0 Å². The maximum Gasteiger partial charge on any atom is 0.123 e. The topological polar surface area (TPSA) is 61.7 Å². The van der Waals surface area contributed by atoms with E-state index in [0.717, 1.165) is 18.4 Å². The SMILES string of the molecule is COC1CC(NCc2ccc(O)cc2O)C1. The molecule has 16 heavy (non-hydrogen) atoms. The minimum absolute atomic E-state index is 0.0874. The average molecular weight is 223 g/mol. The third-order valence-corrected chi connectivity index (χ3v) is 3.08. The van der Waals surface area contributed by atoms with Gasteiger partial charge in [-0.15, -0.1) is 0 Å². The summed E-state index contributed by atoms with van der Waals surface area (Å²) in [6.45, 7) is 0.618. The largest absolute Gasteiger partial charge is 0.508 e. The fourth-order valence-corrected chi connectivity index (χ4v) is 1.88. The predicted octanol–water partition coefficient (Wildman–Crippen LogP) is 1.36. The van der Waals surface area contributed by atoms with Gasteiger partial charge in [-0.05, 0) is 18.9 Å². The fourth-order valence-electron chi connectivity index (χ4n) is 1.88. The molecule has 0 unspecified atom stereocenters. The zero-order valence-electron chi connectivity index (χ0n) is 9.31. The molecule has 0 amide bonds. The number of benzene rings is 1. The highest BCUT2D eigenvalue weighted by Gasteiger charge is 2.28. The van der Waals surface area contributed by atoms with Gasteiger partial charge in [-0.3, -0.25) is 0 Å². The molecule has 0 aromatic heterocycles. The van der Waals surface area contributed by atoms with Gasteiger partial charge in [0.15, 0.2) is 0 Å². The molecule has 0 atom stereocenters. The lowest BCUT2D eigenvalue weighted by molar-refractivity contribution is 0.0169. The molecular weight excluding hydrogens is 206 g/mol. The first-order valence-corrected chi connectivity index (χ1v) is 5.46. The minimum Gasteiger partial charge on any atom is -0.508 e. The molecule has 1 aromatic rings. The molecule has 4 nitrogen and oxygen atoms in total. The molecule has 2 rings (SSSR count). The van der Waals surface area contributed by atoms with E-state index in [1.54, 1.807) is 19.2 Å². The van der Waals surface area contributed by atoms with Crippen LogP contribution in [0.25, 0.3) is 0 Å². The van der Waals surface area contributed by atoms with Gasteiger partial charge >= 0.3 is 0 Å². The zero-order valence-corrected chi connectivity index (χ0v) is 9.31. The van der Waals surface area contributed by atoms with Crippen LogP contribution in [0.5, 0.6) is 11.5 Å². The van der Waals surface area contributed by atoms with Gasteiger partial charge in [0.05, 0.1) is 6.10 Å². The number of methoxy groups -OCH3 is 1. The Balaban J connectivity index is 1.82. The third-order valence-electron chi connectivity index (χ3n) is 3.08. The van der Waals surface area contributed by atoms with Crippen molar-refractivity contribution < 1.29 is 14.9 Å². The predicted molar refractivity (Wildman–Crippen MR) is 60.4 cm³/mol. The van der Waals surface area contributed by atoms with Crippen molar-refractivity contribution in [1.82, 2.24) is 5.32 Å². The highest BCUT2D eigenvalue weighted by molar-refractivity contribution is 5.38. The van der Waals surface area contributed by atoms with Crippen LogP contribution in [0.2, 0.25) is 0 Å². The van der Waals surface area contributed by atoms with E-state index in [1.807, 2.05) is 0 Å². The third kappa shape index (κ3) is 2.46. The van der Waals surface area contributed by atoms with Crippen LogP contribution in [-0.2, 0) is 11.3 Å². The van der Waals surface area contributed by atoms with Crippen LogP contribution >= 0.6 is 0 Å². The first-order chi connectivity index (χ1) is 7.69. The first kappa shape index (κ1) is 11.2. The number of hydrogen-bond acceptors (Lipinski definition) is 4. The highest BCUT2D eigenvalue weighted by atomic mass is 16.5. The Morgan fingerprint density at radius 1 is 1.38 bits per heavy atom. The fraction of sp³-hybridized carbons (Fsp3) is 0.500. The van der Waals surface area contributed by atoms with Crippen molar-refractivity contribution in [2.24, 2.45) is 0 Å². The second kappa shape index (κ2) is 4.72. The van der Waals surface area contributed by atoms with E-state index in [1.165, 1.54) is 6.07 Å². The van der Waals surface area contributed by atoms with Crippen molar-refractivity contribution in [1.29, 1.82) is 0 Å². The summed E-state index contributed by atoms with van der Waals surface area (Å²) < 4.78 is 5.19. The van der Waals surface area contributed by atoms with Gasteiger partial charge in [0.1, 0.15) is 11.5 Å². The van der Waals surface area contributed by atoms with E-state index in [0.29, 0.717) is 18.7 Å². The summed E-state index contributed by atoms with van der Waals surface area (Å²) >= 11 is 0. The number of ether oxygens (including phenoxy) is 1. The van der Waals surface area contributed by atoms with Crippen LogP contribution in [0, 0.1) is 0 Å². The second-order valence-corrected chi connectivity index (χ2v) is 4.22. The summed E-state index contributed by atoms with van der Waals surface area (Å²) in [6, 6.07) is 5.13. The Hall–Kier alpha value is -1.26. The van der Waals surface area contributed by atoms with Gasteiger partial charge < -0.3 is 20.3 Å². The summed E-state index contributed by atoms with van der Waals surface area (Å²) in [5.74, 6) is 0.222. The monoisotopic (exact) mass is 223 g/mol. The van der Waals surface area contributed by atoms with Gasteiger partial charge in [-0.1, -0.05) is 6.07 Å². The van der Waals surface area contributed by atoms with E-state index in [4.69, 9.17) is 9.84 Å². The minimum atomic E-state index is 0.0874. The molecule has 1 aliphatic carbocycles. The molecule has 0 spiro atoms. The van der Waals surface area contributed by atoms with E-state index < -0.39 is 0 Å². The molecule has 1 fully saturated rings. The van der Waals surface area contributed by atoms with Crippen LogP contribution in [0.1, 0.15) is 18.4 Å². The maximum absolute atomic E-state index is 9.57. The molecule has 0 radical (unpaired) electrons. The zero-order chi connectivity index (χ0) is 11.5. The van der Waals surface area contributed by atoms with Gasteiger partial charge in [0, 0.05) is 31.3 Å². The molecular formula is C12H17NO3. The Bertz CT molecular complexity index is 361. The number of aromatic hydroxyl groups is 2. The van der Waals surface area contributed by atoms with Crippen LogP contribution in [0.3, 0.4) is 0 Å². The summed E-state index contributed by atoms with van der Waals surface area (Å²) in [4.78, 5) is 0. The van der Waals surface area contributed by atoms with Crippen molar-refractivity contribution in [3.63, 3.8) is 0 Å².